The Morgan fingerprint density at radius 1 is 1.38 bits per heavy atom. The van der Waals surface area contributed by atoms with Crippen LogP contribution in [0.3, 0.4) is 0 Å². The molecule has 0 radical (unpaired) electrons. The first-order valence-electron chi connectivity index (χ1n) is 5.85. The SMILES string of the molecule is CC(C)CC(C)(O)CNCC(=O)OC(C)C. The van der Waals surface area contributed by atoms with E-state index in [0.717, 1.165) is 0 Å². The standard InChI is InChI=1S/C12H25NO3/c1-9(2)6-12(5,15)8-13-7-11(14)16-10(3)4/h9-10,13,15H,6-8H2,1-5H3. The molecule has 96 valence electrons. The summed E-state index contributed by atoms with van der Waals surface area (Å²) >= 11 is 0. The topological polar surface area (TPSA) is 58.6 Å². The van der Waals surface area contributed by atoms with Crippen LogP contribution in [0.1, 0.15) is 41.0 Å². The lowest BCUT2D eigenvalue weighted by atomic mass is 9.94. The van der Waals surface area contributed by atoms with Crippen molar-refractivity contribution in [3.05, 3.63) is 0 Å². The lowest BCUT2D eigenvalue weighted by molar-refractivity contribution is -0.146. The maximum Gasteiger partial charge on any atom is 0.320 e. The van der Waals surface area contributed by atoms with Gasteiger partial charge in [-0.2, -0.15) is 0 Å². The fourth-order valence-electron chi connectivity index (χ4n) is 1.69. The van der Waals surface area contributed by atoms with Gasteiger partial charge in [0.2, 0.25) is 0 Å². The summed E-state index contributed by atoms with van der Waals surface area (Å²) in [5.41, 5.74) is -0.772. The molecule has 0 aliphatic rings. The van der Waals surface area contributed by atoms with E-state index in [4.69, 9.17) is 4.74 Å². The highest BCUT2D eigenvalue weighted by Gasteiger charge is 2.21. The maximum atomic E-state index is 11.2. The van der Waals surface area contributed by atoms with Crippen LogP contribution in [0.2, 0.25) is 0 Å². The molecule has 0 aliphatic carbocycles. The Balaban J connectivity index is 3.76. The van der Waals surface area contributed by atoms with Crippen molar-refractivity contribution < 1.29 is 14.6 Å². The molecule has 1 unspecified atom stereocenters. The second-order valence-electron chi connectivity index (χ2n) is 5.24. The molecule has 0 spiro atoms. The summed E-state index contributed by atoms with van der Waals surface area (Å²) in [7, 11) is 0. The smallest absolute Gasteiger partial charge is 0.320 e. The van der Waals surface area contributed by atoms with E-state index in [9.17, 15) is 9.90 Å². The molecule has 0 aromatic rings. The van der Waals surface area contributed by atoms with Crippen LogP contribution in [-0.2, 0) is 9.53 Å². The fraction of sp³-hybridized carbons (Fsp3) is 0.917. The monoisotopic (exact) mass is 231 g/mol. The Morgan fingerprint density at radius 3 is 2.38 bits per heavy atom. The Labute approximate surface area is 98.4 Å². The van der Waals surface area contributed by atoms with Crippen molar-refractivity contribution in [1.82, 2.24) is 5.32 Å². The number of hydrogen-bond acceptors (Lipinski definition) is 4. The number of carbonyl (C=O) groups excluding carboxylic acids is 1. The van der Waals surface area contributed by atoms with E-state index in [1.165, 1.54) is 0 Å². The van der Waals surface area contributed by atoms with Gasteiger partial charge in [-0.3, -0.25) is 4.79 Å². The van der Waals surface area contributed by atoms with Gasteiger partial charge in [0.25, 0.3) is 0 Å². The molecule has 4 heteroatoms. The molecule has 0 heterocycles. The average Bonchev–Trinajstić information content (AvgIpc) is 1.98. The van der Waals surface area contributed by atoms with Gasteiger partial charge in [0.15, 0.2) is 0 Å². The molecule has 0 fully saturated rings. The van der Waals surface area contributed by atoms with Crippen LogP contribution in [0.15, 0.2) is 0 Å². The van der Waals surface area contributed by atoms with E-state index in [2.05, 4.69) is 19.2 Å². The van der Waals surface area contributed by atoms with Crippen molar-refractivity contribution in [3.63, 3.8) is 0 Å². The lowest BCUT2D eigenvalue weighted by Gasteiger charge is -2.25. The zero-order valence-corrected chi connectivity index (χ0v) is 11.0. The maximum absolute atomic E-state index is 11.2. The van der Waals surface area contributed by atoms with Gasteiger partial charge in [0.1, 0.15) is 0 Å². The van der Waals surface area contributed by atoms with Crippen molar-refractivity contribution >= 4 is 5.97 Å². The summed E-state index contributed by atoms with van der Waals surface area (Å²) < 4.78 is 4.96. The minimum Gasteiger partial charge on any atom is -0.462 e. The summed E-state index contributed by atoms with van der Waals surface area (Å²) in [6.45, 7) is 10.1. The minimum absolute atomic E-state index is 0.0922. The molecule has 4 nitrogen and oxygen atoms in total. The number of rotatable bonds is 7. The van der Waals surface area contributed by atoms with Gasteiger partial charge in [0.05, 0.1) is 18.2 Å². The van der Waals surface area contributed by atoms with E-state index in [0.29, 0.717) is 18.9 Å². The fourth-order valence-corrected chi connectivity index (χ4v) is 1.69. The zero-order chi connectivity index (χ0) is 12.8. The van der Waals surface area contributed by atoms with Crippen molar-refractivity contribution in [2.45, 2.75) is 52.7 Å². The first-order chi connectivity index (χ1) is 7.23. The van der Waals surface area contributed by atoms with Crippen LogP contribution in [0.4, 0.5) is 0 Å². The number of nitrogens with one attached hydrogen (secondary N) is 1. The van der Waals surface area contributed by atoms with Gasteiger partial charge in [0, 0.05) is 6.54 Å². The number of hydrogen-bond donors (Lipinski definition) is 2. The second-order valence-corrected chi connectivity index (χ2v) is 5.24. The number of carbonyl (C=O) groups is 1. The third-order valence-electron chi connectivity index (χ3n) is 1.99. The molecule has 1 atom stereocenters. The highest BCUT2D eigenvalue weighted by Crippen LogP contribution is 2.14. The summed E-state index contributed by atoms with van der Waals surface area (Å²) in [5, 5.41) is 12.9. The predicted octanol–water partition coefficient (Wildman–Crippen LogP) is 1.32. The van der Waals surface area contributed by atoms with Crippen LogP contribution in [0.25, 0.3) is 0 Å². The number of ether oxygens (including phenoxy) is 1. The molecule has 0 bridgehead atoms. The molecule has 0 aliphatic heterocycles. The van der Waals surface area contributed by atoms with Gasteiger partial charge < -0.3 is 15.2 Å². The lowest BCUT2D eigenvalue weighted by Crippen LogP contribution is -2.41. The Kier molecular flexibility index (Phi) is 6.60. The first kappa shape index (κ1) is 15.4. The van der Waals surface area contributed by atoms with E-state index in [1.807, 2.05) is 13.8 Å². The molecule has 0 rings (SSSR count). The first-order valence-corrected chi connectivity index (χ1v) is 5.85. The minimum atomic E-state index is -0.772. The van der Waals surface area contributed by atoms with Crippen LogP contribution < -0.4 is 5.32 Å². The van der Waals surface area contributed by atoms with Crippen LogP contribution >= 0.6 is 0 Å². The Bertz CT molecular complexity index is 212. The highest BCUT2D eigenvalue weighted by atomic mass is 16.5. The predicted molar refractivity (Wildman–Crippen MR) is 64.2 cm³/mol. The van der Waals surface area contributed by atoms with Crippen LogP contribution in [0.5, 0.6) is 0 Å². The molecule has 0 aromatic heterocycles. The van der Waals surface area contributed by atoms with E-state index < -0.39 is 5.60 Å². The quantitative estimate of drug-likeness (QED) is 0.649. The summed E-state index contributed by atoms with van der Waals surface area (Å²) in [4.78, 5) is 11.2. The summed E-state index contributed by atoms with van der Waals surface area (Å²) in [5.74, 6) is 0.148. The zero-order valence-electron chi connectivity index (χ0n) is 11.0. The van der Waals surface area contributed by atoms with Crippen LogP contribution in [0, 0.1) is 5.92 Å². The number of aliphatic hydroxyl groups is 1. The molecule has 0 aromatic carbocycles. The average molecular weight is 231 g/mol. The van der Waals surface area contributed by atoms with E-state index >= 15 is 0 Å². The van der Waals surface area contributed by atoms with Gasteiger partial charge in [-0.25, -0.2) is 0 Å². The van der Waals surface area contributed by atoms with Crippen molar-refractivity contribution in [2.24, 2.45) is 5.92 Å². The summed E-state index contributed by atoms with van der Waals surface area (Å²) in [6, 6.07) is 0. The molecule has 0 saturated carbocycles. The van der Waals surface area contributed by atoms with E-state index in [-0.39, 0.29) is 18.6 Å². The molecule has 0 amide bonds. The van der Waals surface area contributed by atoms with Gasteiger partial charge >= 0.3 is 5.97 Å². The van der Waals surface area contributed by atoms with Gasteiger partial charge in [-0.1, -0.05) is 13.8 Å². The van der Waals surface area contributed by atoms with E-state index in [1.54, 1.807) is 6.92 Å². The number of esters is 1. The summed E-state index contributed by atoms with van der Waals surface area (Å²) in [6.07, 6.45) is 0.615. The van der Waals surface area contributed by atoms with Crippen molar-refractivity contribution in [1.29, 1.82) is 0 Å². The largest absolute Gasteiger partial charge is 0.462 e. The van der Waals surface area contributed by atoms with Crippen LogP contribution in [-0.4, -0.2) is 35.9 Å². The third-order valence-corrected chi connectivity index (χ3v) is 1.99. The second kappa shape index (κ2) is 6.86. The highest BCUT2D eigenvalue weighted by molar-refractivity contribution is 5.71. The van der Waals surface area contributed by atoms with Gasteiger partial charge in [-0.15, -0.1) is 0 Å². The third kappa shape index (κ3) is 8.68. The Hall–Kier alpha value is -0.610. The van der Waals surface area contributed by atoms with Gasteiger partial charge in [-0.05, 0) is 33.1 Å². The van der Waals surface area contributed by atoms with Crippen molar-refractivity contribution in [2.75, 3.05) is 13.1 Å². The molecular weight excluding hydrogens is 206 g/mol. The molecule has 0 saturated heterocycles. The molecule has 2 N–H and O–H groups in total. The molecular formula is C12H25NO3. The normalized spacial score (nSPS) is 15.2. The Morgan fingerprint density at radius 2 is 1.94 bits per heavy atom. The molecule has 16 heavy (non-hydrogen) atoms. The van der Waals surface area contributed by atoms with Crippen molar-refractivity contribution in [3.8, 4) is 0 Å².